The zero-order chi connectivity index (χ0) is 16.1. The Morgan fingerprint density at radius 1 is 1.05 bits per heavy atom. The average molecular weight is 322 g/mol. The molecule has 5 heteroatoms. The van der Waals surface area contributed by atoms with Crippen LogP contribution >= 0.6 is 0 Å². The van der Waals surface area contributed by atoms with Gasteiger partial charge in [0.05, 0.1) is 6.26 Å². The van der Waals surface area contributed by atoms with Crippen molar-refractivity contribution in [1.82, 2.24) is 4.90 Å². The van der Waals surface area contributed by atoms with Crippen molar-refractivity contribution in [2.45, 2.75) is 84.1 Å². The molecule has 0 aromatic rings. The summed E-state index contributed by atoms with van der Waals surface area (Å²) >= 11 is 0. The van der Waals surface area contributed by atoms with E-state index in [1.54, 1.807) is 0 Å². The lowest BCUT2D eigenvalue weighted by Gasteiger charge is -2.24. The predicted molar refractivity (Wildman–Crippen MR) is 90.4 cm³/mol. The summed E-state index contributed by atoms with van der Waals surface area (Å²) in [5, 5.41) is 0. The number of hydrogen-bond donors (Lipinski definition) is 1. The van der Waals surface area contributed by atoms with Gasteiger partial charge in [-0.3, -0.25) is 4.55 Å². The highest BCUT2D eigenvalue weighted by molar-refractivity contribution is 7.85. The molecule has 0 aromatic carbocycles. The minimum atomic E-state index is -3.67. The molecule has 1 rings (SSSR count). The van der Waals surface area contributed by atoms with E-state index in [-0.39, 0.29) is 0 Å². The maximum Gasteiger partial charge on any atom is 0.261 e. The van der Waals surface area contributed by atoms with Gasteiger partial charge in [-0.05, 0) is 38.8 Å². The third kappa shape index (κ3) is 14.6. The van der Waals surface area contributed by atoms with Gasteiger partial charge in [-0.1, -0.05) is 52.4 Å². The molecule has 1 heterocycles. The van der Waals surface area contributed by atoms with Crippen LogP contribution in [0, 0.1) is 0 Å². The standard InChI is InChI=1S/C15H31N.CH4O3S/c1-3-5-7-8-9-13-16-14-10-12-15(16)11-6-4-2;1-5(2,3)4/h15H,3-14H2,1-2H3;1H3,(H,2,3,4). The Kier molecular flexibility index (Phi) is 12.3. The van der Waals surface area contributed by atoms with Crippen molar-refractivity contribution in [2.75, 3.05) is 19.3 Å². The normalized spacial score (nSPS) is 19.3. The molecule has 0 spiro atoms. The molecule has 1 saturated heterocycles. The fourth-order valence-electron chi connectivity index (χ4n) is 2.87. The van der Waals surface area contributed by atoms with Gasteiger partial charge >= 0.3 is 0 Å². The molecule has 4 nitrogen and oxygen atoms in total. The fourth-order valence-corrected chi connectivity index (χ4v) is 2.87. The van der Waals surface area contributed by atoms with E-state index in [0.29, 0.717) is 6.26 Å². The zero-order valence-electron chi connectivity index (χ0n) is 14.2. The molecule has 0 saturated carbocycles. The second-order valence-corrected chi connectivity index (χ2v) is 7.59. The van der Waals surface area contributed by atoms with E-state index < -0.39 is 10.1 Å². The van der Waals surface area contributed by atoms with Gasteiger partial charge < -0.3 is 4.90 Å². The maximum absolute atomic E-state index is 9.19. The Hall–Kier alpha value is -0.130. The van der Waals surface area contributed by atoms with E-state index in [2.05, 4.69) is 18.7 Å². The van der Waals surface area contributed by atoms with Gasteiger partial charge in [0.1, 0.15) is 0 Å². The molecule has 1 aliphatic heterocycles. The summed E-state index contributed by atoms with van der Waals surface area (Å²) < 4.78 is 25.9. The molecular weight excluding hydrogens is 286 g/mol. The second kappa shape index (κ2) is 12.4. The SMILES string of the molecule is CCCCCCCN1CCCC1CCCC.CS(=O)(=O)O. The fraction of sp³-hybridized carbons (Fsp3) is 1.00. The van der Waals surface area contributed by atoms with Crippen molar-refractivity contribution in [2.24, 2.45) is 0 Å². The highest BCUT2D eigenvalue weighted by Crippen LogP contribution is 2.22. The summed E-state index contributed by atoms with van der Waals surface area (Å²) in [5.74, 6) is 0. The number of unbranched alkanes of at least 4 members (excludes halogenated alkanes) is 5. The van der Waals surface area contributed by atoms with E-state index in [9.17, 15) is 8.42 Å². The van der Waals surface area contributed by atoms with E-state index in [1.807, 2.05) is 0 Å². The molecule has 128 valence electrons. The summed E-state index contributed by atoms with van der Waals surface area (Å²) in [6, 6.07) is 0.936. The molecule has 0 aliphatic carbocycles. The van der Waals surface area contributed by atoms with E-state index in [1.165, 1.54) is 77.3 Å². The van der Waals surface area contributed by atoms with Crippen molar-refractivity contribution >= 4 is 10.1 Å². The van der Waals surface area contributed by atoms with Crippen molar-refractivity contribution in [3.63, 3.8) is 0 Å². The summed E-state index contributed by atoms with van der Waals surface area (Å²) in [4.78, 5) is 2.77. The Morgan fingerprint density at radius 2 is 1.62 bits per heavy atom. The highest BCUT2D eigenvalue weighted by atomic mass is 32.2. The van der Waals surface area contributed by atoms with E-state index >= 15 is 0 Å². The van der Waals surface area contributed by atoms with E-state index in [0.717, 1.165) is 6.04 Å². The third-order valence-electron chi connectivity index (χ3n) is 3.94. The average Bonchev–Trinajstić information content (AvgIpc) is 2.81. The third-order valence-corrected chi connectivity index (χ3v) is 3.94. The predicted octanol–water partition coefficient (Wildman–Crippen LogP) is 4.12. The smallest absolute Gasteiger partial charge is 0.261 e. The van der Waals surface area contributed by atoms with Gasteiger partial charge in [0, 0.05) is 6.04 Å². The largest absolute Gasteiger partial charge is 0.300 e. The molecule has 1 atom stereocenters. The Morgan fingerprint density at radius 3 is 2.19 bits per heavy atom. The zero-order valence-corrected chi connectivity index (χ0v) is 15.0. The molecule has 0 amide bonds. The summed E-state index contributed by atoms with van der Waals surface area (Å²) in [6.07, 6.45) is 15.0. The van der Waals surface area contributed by atoms with Crippen LogP contribution in [0.25, 0.3) is 0 Å². The van der Waals surface area contributed by atoms with Crippen molar-refractivity contribution < 1.29 is 13.0 Å². The van der Waals surface area contributed by atoms with Crippen LogP contribution in [0.4, 0.5) is 0 Å². The van der Waals surface area contributed by atoms with Crippen LogP contribution in [0.1, 0.15) is 78.1 Å². The Balaban J connectivity index is 0.000000690. The van der Waals surface area contributed by atoms with Gasteiger partial charge in [-0.2, -0.15) is 8.42 Å². The lowest BCUT2D eigenvalue weighted by Crippen LogP contribution is -2.30. The maximum atomic E-state index is 9.19. The molecule has 0 radical (unpaired) electrons. The molecule has 1 unspecified atom stereocenters. The van der Waals surface area contributed by atoms with E-state index in [4.69, 9.17) is 4.55 Å². The number of hydrogen-bond acceptors (Lipinski definition) is 3. The summed E-state index contributed by atoms with van der Waals surface area (Å²) in [5.41, 5.74) is 0. The minimum Gasteiger partial charge on any atom is -0.300 e. The Labute approximate surface area is 132 Å². The van der Waals surface area contributed by atoms with Crippen molar-refractivity contribution in [3.8, 4) is 0 Å². The van der Waals surface area contributed by atoms with Crippen LogP contribution in [0.5, 0.6) is 0 Å². The molecule has 0 aromatic heterocycles. The molecule has 21 heavy (non-hydrogen) atoms. The molecule has 1 fully saturated rings. The van der Waals surface area contributed by atoms with Gasteiger partial charge in [-0.25, -0.2) is 0 Å². The van der Waals surface area contributed by atoms with Crippen LogP contribution in [0.3, 0.4) is 0 Å². The van der Waals surface area contributed by atoms with Crippen LogP contribution in [0.2, 0.25) is 0 Å². The van der Waals surface area contributed by atoms with Gasteiger partial charge in [0.15, 0.2) is 0 Å². The molecule has 1 aliphatic rings. The van der Waals surface area contributed by atoms with Gasteiger partial charge in [0.2, 0.25) is 0 Å². The Bertz CT molecular complexity index is 322. The summed E-state index contributed by atoms with van der Waals surface area (Å²) in [7, 11) is -3.67. The van der Waals surface area contributed by atoms with Gasteiger partial charge in [0.25, 0.3) is 10.1 Å². The monoisotopic (exact) mass is 321 g/mol. The lowest BCUT2D eigenvalue weighted by molar-refractivity contribution is 0.234. The van der Waals surface area contributed by atoms with Crippen LogP contribution in [-0.4, -0.2) is 43.3 Å². The quantitative estimate of drug-likeness (QED) is 0.513. The number of rotatable bonds is 9. The first kappa shape index (κ1) is 20.9. The lowest BCUT2D eigenvalue weighted by atomic mass is 10.1. The first-order valence-electron chi connectivity index (χ1n) is 8.55. The molecule has 1 N–H and O–H groups in total. The highest BCUT2D eigenvalue weighted by Gasteiger charge is 2.22. The minimum absolute atomic E-state index is 0.715. The first-order chi connectivity index (χ1) is 9.88. The van der Waals surface area contributed by atoms with Crippen LogP contribution in [-0.2, 0) is 10.1 Å². The topological polar surface area (TPSA) is 57.6 Å². The molecular formula is C16H35NO3S. The van der Waals surface area contributed by atoms with Crippen LogP contribution < -0.4 is 0 Å². The number of nitrogens with zero attached hydrogens (tertiary/aromatic N) is 1. The molecule has 0 bridgehead atoms. The van der Waals surface area contributed by atoms with Crippen LogP contribution in [0.15, 0.2) is 0 Å². The van der Waals surface area contributed by atoms with Crippen molar-refractivity contribution in [1.29, 1.82) is 0 Å². The van der Waals surface area contributed by atoms with Gasteiger partial charge in [-0.15, -0.1) is 0 Å². The second-order valence-electron chi connectivity index (χ2n) is 6.12. The summed E-state index contributed by atoms with van der Waals surface area (Å²) in [6.45, 7) is 7.35. The number of likely N-dealkylation sites (tertiary alicyclic amines) is 1. The first-order valence-corrected chi connectivity index (χ1v) is 10.4. The van der Waals surface area contributed by atoms with Crippen molar-refractivity contribution in [3.05, 3.63) is 0 Å².